The second-order valence-electron chi connectivity index (χ2n) is 4.94. The van der Waals surface area contributed by atoms with Gasteiger partial charge in [-0.05, 0) is 24.6 Å². The zero-order valence-electron chi connectivity index (χ0n) is 11.5. The number of hydrogen-bond acceptors (Lipinski definition) is 5. The van der Waals surface area contributed by atoms with Crippen molar-refractivity contribution in [1.29, 1.82) is 0 Å². The lowest BCUT2D eigenvalue weighted by molar-refractivity contribution is 0.122. The number of nitrogens with two attached hydrogens (primary N) is 1. The van der Waals surface area contributed by atoms with Gasteiger partial charge in [-0.2, -0.15) is 0 Å². The molecule has 0 aliphatic carbocycles. The molecule has 1 aliphatic rings. The van der Waals surface area contributed by atoms with E-state index in [1.807, 2.05) is 24.3 Å². The minimum Gasteiger partial charge on any atom is -0.399 e. The molecule has 0 saturated carbocycles. The second kappa shape index (κ2) is 5.46. The molecule has 2 aromatic rings. The summed E-state index contributed by atoms with van der Waals surface area (Å²) in [7, 11) is 0. The minimum atomic E-state index is 0.747. The third kappa shape index (κ3) is 2.58. The molecule has 0 amide bonds. The second-order valence-corrected chi connectivity index (χ2v) is 4.94. The summed E-state index contributed by atoms with van der Waals surface area (Å²) >= 11 is 0. The van der Waals surface area contributed by atoms with Gasteiger partial charge in [0, 0.05) is 30.4 Å². The summed E-state index contributed by atoms with van der Waals surface area (Å²) in [4.78, 5) is 11.0. The van der Waals surface area contributed by atoms with Gasteiger partial charge in [0.05, 0.1) is 18.9 Å². The van der Waals surface area contributed by atoms with Gasteiger partial charge in [-0.25, -0.2) is 9.97 Å². The van der Waals surface area contributed by atoms with Gasteiger partial charge in [0.1, 0.15) is 12.1 Å². The van der Waals surface area contributed by atoms with Crippen molar-refractivity contribution >= 4 is 11.5 Å². The Morgan fingerprint density at radius 2 is 1.95 bits per heavy atom. The highest BCUT2D eigenvalue weighted by molar-refractivity contribution is 5.69. The Bertz CT molecular complexity index is 609. The third-order valence-electron chi connectivity index (χ3n) is 3.53. The molecule has 5 nitrogen and oxygen atoms in total. The molecule has 1 aliphatic heterocycles. The monoisotopic (exact) mass is 270 g/mol. The third-order valence-corrected chi connectivity index (χ3v) is 3.53. The van der Waals surface area contributed by atoms with Crippen LogP contribution in [0.25, 0.3) is 11.3 Å². The van der Waals surface area contributed by atoms with Gasteiger partial charge in [0.25, 0.3) is 0 Å². The van der Waals surface area contributed by atoms with E-state index in [9.17, 15) is 0 Å². The van der Waals surface area contributed by atoms with Crippen LogP contribution in [-0.4, -0.2) is 36.3 Å². The van der Waals surface area contributed by atoms with Gasteiger partial charge in [-0.3, -0.25) is 0 Å². The number of aryl methyl sites for hydroxylation is 1. The quantitative estimate of drug-likeness (QED) is 0.844. The van der Waals surface area contributed by atoms with Crippen LogP contribution in [0.1, 0.15) is 5.56 Å². The molecule has 1 saturated heterocycles. The van der Waals surface area contributed by atoms with E-state index in [4.69, 9.17) is 10.5 Å². The van der Waals surface area contributed by atoms with Crippen LogP contribution in [0.4, 0.5) is 11.5 Å². The fourth-order valence-corrected chi connectivity index (χ4v) is 2.38. The number of nitrogen functional groups attached to an aromatic ring is 1. The number of hydrogen-bond donors (Lipinski definition) is 1. The van der Waals surface area contributed by atoms with E-state index in [0.717, 1.165) is 54.6 Å². The fraction of sp³-hybridized carbons (Fsp3) is 0.333. The van der Waals surface area contributed by atoms with Crippen LogP contribution in [0.2, 0.25) is 0 Å². The zero-order valence-corrected chi connectivity index (χ0v) is 11.5. The summed E-state index contributed by atoms with van der Waals surface area (Å²) in [5.74, 6) is 0.945. The van der Waals surface area contributed by atoms with E-state index < -0.39 is 0 Å². The molecule has 20 heavy (non-hydrogen) atoms. The average Bonchev–Trinajstić information content (AvgIpc) is 2.51. The molecule has 3 rings (SSSR count). The van der Waals surface area contributed by atoms with Crippen molar-refractivity contribution < 1.29 is 4.74 Å². The maximum absolute atomic E-state index is 5.88. The number of morpholine rings is 1. The van der Waals surface area contributed by atoms with E-state index in [1.54, 1.807) is 6.33 Å². The molecule has 2 N–H and O–H groups in total. The van der Waals surface area contributed by atoms with E-state index in [-0.39, 0.29) is 0 Å². The standard InChI is InChI=1S/C15H18N4O/c1-11-2-3-12(16)8-13(11)14-9-15(18-10-17-14)19-4-6-20-7-5-19/h2-3,8-10H,4-7,16H2,1H3. The number of aromatic nitrogens is 2. The molecule has 2 heterocycles. The first-order chi connectivity index (χ1) is 9.74. The van der Waals surface area contributed by atoms with Crippen molar-refractivity contribution in [2.45, 2.75) is 6.92 Å². The Labute approximate surface area is 118 Å². The number of benzene rings is 1. The molecule has 0 unspecified atom stereocenters. The largest absolute Gasteiger partial charge is 0.399 e. The van der Waals surface area contributed by atoms with Crippen LogP contribution >= 0.6 is 0 Å². The van der Waals surface area contributed by atoms with Crippen molar-refractivity contribution in [3.63, 3.8) is 0 Å². The lowest BCUT2D eigenvalue weighted by atomic mass is 10.0. The lowest BCUT2D eigenvalue weighted by Gasteiger charge is -2.27. The number of rotatable bonds is 2. The molecule has 5 heteroatoms. The van der Waals surface area contributed by atoms with Gasteiger partial charge >= 0.3 is 0 Å². The van der Waals surface area contributed by atoms with E-state index in [2.05, 4.69) is 21.8 Å². The van der Waals surface area contributed by atoms with Crippen LogP contribution in [0, 0.1) is 6.92 Å². The molecular weight excluding hydrogens is 252 g/mol. The molecule has 1 aromatic heterocycles. The Kier molecular flexibility index (Phi) is 3.52. The SMILES string of the molecule is Cc1ccc(N)cc1-c1cc(N2CCOCC2)ncn1. The average molecular weight is 270 g/mol. The zero-order chi connectivity index (χ0) is 13.9. The molecule has 104 valence electrons. The van der Waals surface area contributed by atoms with Gasteiger partial charge in [-0.15, -0.1) is 0 Å². The normalized spacial score (nSPS) is 15.3. The highest BCUT2D eigenvalue weighted by Crippen LogP contribution is 2.26. The van der Waals surface area contributed by atoms with Crippen molar-refractivity contribution in [3.05, 3.63) is 36.2 Å². The summed E-state index contributed by atoms with van der Waals surface area (Å²) in [5.41, 5.74) is 9.75. The molecule has 1 aromatic carbocycles. The predicted molar refractivity (Wildman–Crippen MR) is 79.6 cm³/mol. The van der Waals surface area contributed by atoms with Gasteiger partial charge in [0.2, 0.25) is 0 Å². The predicted octanol–water partition coefficient (Wildman–Crippen LogP) is 1.87. The topological polar surface area (TPSA) is 64.3 Å². The van der Waals surface area contributed by atoms with Gasteiger partial charge in [-0.1, -0.05) is 6.07 Å². The first kappa shape index (κ1) is 12.9. The van der Waals surface area contributed by atoms with E-state index >= 15 is 0 Å². The van der Waals surface area contributed by atoms with Gasteiger partial charge < -0.3 is 15.4 Å². The maximum atomic E-state index is 5.88. The Hall–Kier alpha value is -2.14. The van der Waals surface area contributed by atoms with E-state index in [1.165, 1.54) is 0 Å². The summed E-state index contributed by atoms with van der Waals surface area (Å²) in [5, 5.41) is 0. The van der Waals surface area contributed by atoms with Crippen LogP contribution in [-0.2, 0) is 4.74 Å². The van der Waals surface area contributed by atoms with Crippen LogP contribution in [0.15, 0.2) is 30.6 Å². The summed E-state index contributed by atoms with van der Waals surface area (Å²) in [6, 6.07) is 7.90. The summed E-state index contributed by atoms with van der Waals surface area (Å²) < 4.78 is 5.37. The molecular formula is C15H18N4O. The Morgan fingerprint density at radius 1 is 1.15 bits per heavy atom. The molecule has 0 bridgehead atoms. The maximum Gasteiger partial charge on any atom is 0.132 e. The highest BCUT2D eigenvalue weighted by atomic mass is 16.5. The fourth-order valence-electron chi connectivity index (χ4n) is 2.38. The van der Waals surface area contributed by atoms with Crippen molar-refractivity contribution in [1.82, 2.24) is 9.97 Å². The number of ether oxygens (including phenoxy) is 1. The Morgan fingerprint density at radius 3 is 2.75 bits per heavy atom. The Balaban J connectivity index is 1.96. The molecule has 0 spiro atoms. The summed E-state index contributed by atoms with van der Waals surface area (Å²) in [6.45, 7) is 5.29. The molecule has 1 fully saturated rings. The first-order valence-corrected chi connectivity index (χ1v) is 6.75. The van der Waals surface area contributed by atoms with Gasteiger partial charge in [0.15, 0.2) is 0 Å². The minimum absolute atomic E-state index is 0.747. The van der Waals surface area contributed by atoms with Crippen LogP contribution in [0.5, 0.6) is 0 Å². The van der Waals surface area contributed by atoms with Crippen LogP contribution in [0.3, 0.4) is 0 Å². The van der Waals surface area contributed by atoms with Crippen LogP contribution < -0.4 is 10.6 Å². The molecule has 0 atom stereocenters. The van der Waals surface area contributed by atoms with E-state index in [0.29, 0.717) is 0 Å². The van der Waals surface area contributed by atoms with Crippen molar-refractivity contribution in [2.24, 2.45) is 0 Å². The van der Waals surface area contributed by atoms with Crippen molar-refractivity contribution in [2.75, 3.05) is 36.9 Å². The lowest BCUT2D eigenvalue weighted by Crippen LogP contribution is -2.36. The number of anilines is 2. The molecule has 0 radical (unpaired) electrons. The highest BCUT2D eigenvalue weighted by Gasteiger charge is 2.14. The first-order valence-electron chi connectivity index (χ1n) is 6.75. The number of nitrogens with zero attached hydrogens (tertiary/aromatic N) is 3. The summed E-state index contributed by atoms with van der Waals surface area (Å²) in [6.07, 6.45) is 1.61. The van der Waals surface area contributed by atoms with Crippen molar-refractivity contribution in [3.8, 4) is 11.3 Å². The smallest absolute Gasteiger partial charge is 0.132 e.